The van der Waals surface area contributed by atoms with Gasteiger partial charge in [0.2, 0.25) is 5.91 Å². The van der Waals surface area contributed by atoms with Crippen LogP contribution >= 0.6 is 27.3 Å². The highest BCUT2D eigenvalue weighted by Gasteiger charge is 2.74. The van der Waals surface area contributed by atoms with Crippen molar-refractivity contribution in [1.29, 1.82) is 0 Å². The van der Waals surface area contributed by atoms with Crippen LogP contribution in [0, 0.1) is 10.1 Å². The average molecular weight is 603 g/mol. The molecule has 2 bridgehead atoms. The van der Waals surface area contributed by atoms with E-state index in [1.54, 1.807) is 24.1 Å². The fourth-order valence-electron chi connectivity index (χ4n) is 7.47. The van der Waals surface area contributed by atoms with Gasteiger partial charge in [-0.3, -0.25) is 19.8 Å². The van der Waals surface area contributed by atoms with Crippen molar-refractivity contribution in [3.8, 4) is 11.5 Å². The summed E-state index contributed by atoms with van der Waals surface area (Å²) < 4.78 is 7.41. The molecule has 6 rings (SSSR count). The molecule has 1 aromatic carbocycles. The molecule has 2 aromatic rings. The van der Waals surface area contributed by atoms with Crippen LogP contribution in [0.15, 0.2) is 40.7 Å². The fraction of sp³-hybridized carbons (Fsp3) is 0.444. The number of thiophene rings is 1. The Kier molecular flexibility index (Phi) is 5.99. The maximum Gasteiger partial charge on any atom is 0.276 e. The second kappa shape index (κ2) is 8.90. The number of hydrogen-bond donors (Lipinski definition) is 2. The molecular formula is C27H28BrN3O6S. The van der Waals surface area contributed by atoms with E-state index in [-0.39, 0.29) is 35.6 Å². The van der Waals surface area contributed by atoms with Gasteiger partial charge < -0.3 is 19.8 Å². The summed E-state index contributed by atoms with van der Waals surface area (Å²) in [6, 6.07) is 2.32. The van der Waals surface area contributed by atoms with Crippen molar-refractivity contribution in [1.82, 2.24) is 9.80 Å². The number of amides is 1. The Hall–Kier alpha value is -2.73. The lowest BCUT2D eigenvalue weighted by atomic mass is 9.48. The Morgan fingerprint density at radius 1 is 1.45 bits per heavy atom. The number of aliphatic hydroxyl groups is 1. The number of carbonyl (C=O) groups is 1. The quantitative estimate of drug-likeness (QED) is 0.222. The van der Waals surface area contributed by atoms with Crippen LogP contribution in [0.1, 0.15) is 35.3 Å². The molecule has 3 heterocycles. The van der Waals surface area contributed by atoms with Crippen molar-refractivity contribution in [3.05, 3.63) is 66.8 Å². The van der Waals surface area contributed by atoms with Crippen LogP contribution < -0.4 is 4.74 Å². The molecule has 200 valence electrons. The highest BCUT2D eigenvalue weighted by Crippen LogP contribution is 2.67. The third-order valence-electron chi connectivity index (χ3n) is 9.03. The van der Waals surface area contributed by atoms with Gasteiger partial charge in [0.1, 0.15) is 6.10 Å². The van der Waals surface area contributed by atoms with Gasteiger partial charge in [0.15, 0.2) is 11.5 Å². The minimum Gasteiger partial charge on any atom is -0.504 e. The number of phenols is 1. The molecule has 1 spiro atoms. The molecular weight excluding hydrogens is 574 g/mol. The van der Waals surface area contributed by atoms with E-state index in [1.807, 2.05) is 11.4 Å². The van der Waals surface area contributed by atoms with E-state index in [0.717, 1.165) is 15.4 Å². The number of nitro groups is 1. The van der Waals surface area contributed by atoms with Gasteiger partial charge in [0.05, 0.1) is 28.0 Å². The first kappa shape index (κ1) is 25.5. The van der Waals surface area contributed by atoms with Crippen molar-refractivity contribution in [2.24, 2.45) is 0 Å². The molecule has 0 radical (unpaired) electrons. The van der Waals surface area contributed by atoms with E-state index < -0.39 is 28.1 Å². The van der Waals surface area contributed by atoms with Crippen molar-refractivity contribution in [2.45, 2.75) is 54.9 Å². The van der Waals surface area contributed by atoms with Crippen LogP contribution in [-0.4, -0.2) is 74.8 Å². The summed E-state index contributed by atoms with van der Waals surface area (Å²) in [5.74, 6) is -0.298. The Morgan fingerprint density at radius 3 is 2.92 bits per heavy atom. The van der Waals surface area contributed by atoms with Crippen LogP contribution in [0.5, 0.6) is 11.5 Å². The van der Waals surface area contributed by atoms with Crippen LogP contribution in [-0.2, 0) is 16.6 Å². The number of ether oxygens (including phenoxy) is 1. The summed E-state index contributed by atoms with van der Waals surface area (Å²) >= 11 is 4.94. The van der Waals surface area contributed by atoms with Crippen molar-refractivity contribution >= 4 is 44.9 Å². The Labute approximate surface area is 232 Å². The zero-order valence-corrected chi connectivity index (χ0v) is 23.2. The SMILES string of the molecule is C=CCN1CC[C@]23c4c5c([N+](=O)[O-])cc(O)c4O[C@H]2[C@@H](N(C)C(=O)/C=C/c2cc(Br)cs2)CC[C@@]3(O)[C@H]1C5. The lowest BCUT2D eigenvalue weighted by Gasteiger charge is -2.64. The lowest BCUT2D eigenvalue weighted by molar-refractivity contribution is -0.386. The van der Waals surface area contributed by atoms with Gasteiger partial charge in [-0.25, -0.2) is 0 Å². The standard InChI is InChI=1S/C27H28BrN3O6S/c1-3-9-30-10-8-26-23-17-12-21(30)27(26,34)7-6-18(25(26)37-24(23)20(32)13-19(17)31(35)36)29(2)22(33)5-4-16-11-15(28)14-38-16/h3-5,11,13-14,18,21,25,32,34H,1,6-10,12H2,2H3/b5-4+/t18-,21+,25-,26-,27+/m0/s1. The third kappa shape index (κ3) is 3.38. The van der Waals surface area contributed by atoms with Gasteiger partial charge in [-0.2, -0.15) is 0 Å². The molecule has 2 N–H and O–H groups in total. The Morgan fingerprint density at radius 2 is 2.24 bits per heavy atom. The number of nitro benzene ring substituents is 1. The number of phenolic OH excluding ortho intramolecular Hbond substituents is 1. The first-order chi connectivity index (χ1) is 18.1. The minimum atomic E-state index is -1.24. The molecule has 2 aliphatic carbocycles. The molecule has 38 heavy (non-hydrogen) atoms. The number of likely N-dealkylation sites (tertiary alicyclic amines) is 1. The molecule has 2 aliphatic heterocycles. The van der Waals surface area contributed by atoms with Crippen molar-refractivity contribution in [2.75, 3.05) is 20.1 Å². The molecule has 5 atom stereocenters. The van der Waals surface area contributed by atoms with Gasteiger partial charge in [0, 0.05) is 51.6 Å². The van der Waals surface area contributed by atoms with Gasteiger partial charge >= 0.3 is 0 Å². The molecule has 4 aliphatic rings. The molecule has 1 saturated heterocycles. The summed E-state index contributed by atoms with van der Waals surface area (Å²) in [5.41, 5.74) is -1.32. The molecule has 2 fully saturated rings. The Bertz CT molecular complexity index is 1390. The van der Waals surface area contributed by atoms with Crippen LogP contribution in [0.4, 0.5) is 5.69 Å². The van der Waals surface area contributed by atoms with Gasteiger partial charge in [-0.1, -0.05) is 6.08 Å². The second-order valence-electron chi connectivity index (χ2n) is 10.6. The van der Waals surface area contributed by atoms with E-state index in [2.05, 4.69) is 27.4 Å². The molecule has 11 heteroatoms. The van der Waals surface area contributed by atoms with E-state index >= 15 is 0 Å². The van der Waals surface area contributed by atoms with Crippen molar-refractivity contribution < 1.29 is 24.7 Å². The molecule has 0 unspecified atom stereocenters. The first-order valence-electron chi connectivity index (χ1n) is 12.6. The average Bonchev–Trinajstić information content (AvgIpc) is 3.45. The lowest BCUT2D eigenvalue weighted by Crippen LogP contribution is -2.78. The van der Waals surface area contributed by atoms with Crippen LogP contribution in [0.25, 0.3) is 6.08 Å². The Balaban J connectivity index is 1.45. The monoisotopic (exact) mass is 601 g/mol. The molecule has 1 amide bonds. The smallest absolute Gasteiger partial charge is 0.276 e. The number of likely N-dealkylation sites (N-methyl/N-ethyl adjacent to an activating group) is 1. The van der Waals surface area contributed by atoms with Gasteiger partial charge in [-0.05, 0) is 60.3 Å². The minimum absolute atomic E-state index is 0.158. The highest BCUT2D eigenvalue weighted by atomic mass is 79.9. The number of halogens is 1. The highest BCUT2D eigenvalue weighted by molar-refractivity contribution is 9.10. The number of hydrogen-bond acceptors (Lipinski definition) is 8. The number of rotatable bonds is 6. The van der Waals surface area contributed by atoms with E-state index in [9.17, 15) is 25.1 Å². The zero-order valence-electron chi connectivity index (χ0n) is 20.8. The predicted octanol–water partition coefficient (Wildman–Crippen LogP) is 4.00. The number of nitrogens with zero attached hydrogens (tertiary/aromatic N) is 3. The van der Waals surface area contributed by atoms with Gasteiger partial charge in [-0.15, -0.1) is 17.9 Å². The summed E-state index contributed by atoms with van der Waals surface area (Å²) in [5, 5.41) is 37.4. The second-order valence-corrected chi connectivity index (χ2v) is 12.5. The number of aromatic hydroxyl groups is 1. The van der Waals surface area contributed by atoms with Crippen LogP contribution in [0.2, 0.25) is 0 Å². The topological polar surface area (TPSA) is 116 Å². The van der Waals surface area contributed by atoms with Crippen molar-refractivity contribution in [3.63, 3.8) is 0 Å². The fourth-order valence-corrected chi connectivity index (χ4v) is 8.80. The largest absolute Gasteiger partial charge is 0.504 e. The number of benzene rings is 1. The third-order valence-corrected chi connectivity index (χ3v) is 10.7. The molecule has 9 nitrogen and oxygen atoms in total. The summed E-state index contributed by atoms with van der Waals surface area (Å²) in [7, 11) is 1.73. The zero-order chi connectivity index (χ0) is 27.0. The van der Waals surface area contributed by atoms with E-state index in [4.69, 9.17) is 4.74 Å². The maximum absolute atomic E-state index is 13.3. The number of piperidine rings is 1. The normalized spacial score (nSPS) is 31.1. The van der Waals surface area contributed by atoms with E-state index in [0.29, 0.717) is 43.5 Å². The maximum atomic E-state index is 13.3. The van der Waals surface area contributed by atoms with E-state index in [1.165, 1.54) is 17.4 Å². The number of carbonyl (C=O) groups excluding carboxylic acids is 1. The summed E-state index contributed by atoms with van der Waals surface area (Å²) in [6.07, 6.45) is 6.08. The first-order valence-corrected chi connectivity index (χ1v) is 14.3. The molecule has 1 aromatic heterocycles. The van der Waals surface area contributed by atoms with Crippen LogP contribution in [0.3, 0.4) is 0 Å². The predicted molar refractivity (Wildman–Crippen MR) is 147 cm³/mol. The summed E-state index contributed by atoms with van der Waals surface area (Å²) in [6.45, 7) is 5.05. The molecule has 1 saturated carbocycles. The summed E-state index contributed by atoms with van der Waals surface area (Å²) in [4.78, 5) is 29.6. The van der Waals surface area contributed by atoms with Gasteiger partial charge in [0.25, 0.3) is 5.69 Å².